The third-order valence-electron chi connectivity index (χ3n) is 5.31. The number of piperazine rings is 1. The minimum absolute atomic E-state index is 0.0112. The topological polar surface area (TPSA) is 35.6 Å². The maximum absolute atomic E-state index is 12.5. The highest BCUT2D eigenvalue weighted by molar-refractivity contribution is 5.89. The minimum atomic E-state index is -0.0112. The summed E-state index contributed by atoms with van der Waals surface area (Å²) in [4.78, 5) is 16.8. The zero-order valence-electron chi connectivity index (χ0n) is 16.2. The fourth-order valence-electron chi connectivity index (χ4n) is 3.38. The number of hydrogen-bond acceptors (Lipinski definition) is 2. The van der Waals surface area contributed by atoms with Crippen LogP contribution in [0.15, 0.2) is 42.5 Å². The number of rotatable bonds is 3. The van der Waals surface area contributed by atoms with E-state index in [1.807, 2.05) is 17.0 Å². The highest BCUT2D eigenvalue weighted by Crippen LogP contribution is 2.24. The van der Waals surface area contributed by atoms with Crippen molar-refractivity contribution in [1.82, 2.24) is 4.90 Å². The van der Waals surface area contributed by atoms with Crippen LogP contribution in [0.25, 0.3) is 0 Å². The lowest BCUT2D eigenvalue weighted by Gasteiger charge is -2.37. The largest absolute Gasteiger partial charge is 0.368 e. The zero-order chi connectivity index (χ0) is 18.7. The lowest BCUT2D eigenvalue weighted by atomic mass is 10.0. The van der Waals surface area contributed by atoms with Crippen LogP contribution in [0.4, 0.5) is 16.2 Å². The van der Waals surface area contributed by atoms with E-state index in [0.717, 1.165) is 31.9 Å². The van der Waals surface area contributed by atoms with Gasteiger partial charge in [-0.05, 0) is 54.7 Å². The molecule has 138 valence electrons. The third kappa shape index (κ3) is 4.01. The lowest BCUT2D eigenvalue weighted by Crippen LogP contribution is -2.50. The van der Waals surface area contributed by atoms with Crippen molar-refractivity contribution in [2.45, 2.75) is 33.6 Å². The van der Waals surface area contributed by atoms with Gasteiger partial charge in [-0.3, -0.25) is 0 Å². The van der Waals surface area contributed by atoms with E-state index in [-0.39, 0.29) is 6.03 Å². The van der Waals surface area contributed by atoms with E-state index in [4.69, 9.17) is 0 Å². The summed E-state index contributed by atoms with van der Waals surface area (Å²) in [7, 11) is 0. The number of hydrogen-bond donors (Lipinski definition) is 1. The third-order valence-corrected chi connectivity index (χ3v) is 5.31. The summed E-state index contributed by atoms with van der Waals surface area (Å²) < 4.78 is 0. The molecule has 1 saturated heterocycles. The van der Waals surface area contributed by atoms with Gasteiger partial charge in [-0.25, -0.2) is 4.79 Å². The summed E-state index contributed by atoms with van der Waals surface area (Å²) in [6, 6.07) is 14.6. The van der Waals surface area contributed by atoms with Gasteiger partial charge in [0, 0.05) is 37.6 Å². The van der Waals surface area contributed by atoms with Crippen molar-refractivity contribution < 1.29 is 4.79 Å². The van der Waals surface area contributed by atoms with Crippen LogP contribution in [0.1, 0.15) is 36.5 Å². The molecular formula is C22H29N3O. The molecule has 2 amide bonds. The number of benzene rings is 2. The first-order chi connectivity index (χ1) is 12.5. The Hall–Kier alpha value is -2.49. The molecule has 0 unspecified atom stereocenters. The first-order valence-corrected chi connectivity index (χ1v) is 9.43. The van der Waals surface area contributed by atoms with Crippen LogP contribution in [0, 0.1) is 13.8 Å². The maximum Gasteiger partial charge on any atom is 0.321 e. The lowest BCUT2D eigenvalue weighted by molar-refractivity contribution is 0.208. The Kier molecular flexibility index (Phi) is 5.50. The summed E-state index contributed by atoms with van der Waals surface area (Å²) in [6.45, 7) is 11.9. The molecule has 0 aliphatic carbocycles. The van der Waals surface area contributed by atoms with E-state index < -0.39 is 0 Å². The molecule has 0 bridgehead atoms. The van der Waals surface area contributed by atoms with Gasteiger partial charge < -0.3 is 15.1 Å². The monoisotopic (exact) mass is 351 g/mol. The Morgan fingerprint density at radius 1 is 0.962 bits per heavy atom. The number of nitrogens with zero attached hydrogens (tertiary/aromatic N) is 2. The van der Waals surface area contributed by atoms with Crippen molar-refractivity contribution >= 4 is 17.4 Å². The average molecular weight is 351 g/mol. The van der Waals surface area contributed by atoms with Crippen LogP contribution in [0.2, 0.25) is 0 Å². The molecule has 1 aliphatic heterocycles. The predicted octanol–water partition coefficient (Wildman–Crippen LogP) is 4.78. The van der Waals surface area contributed by atoms with Gasteiger partial charge in [0.05, 0.1) is 0 Å². The Bertz CT molecular complexity index is 759. The van der Waals surface area contributed by atoms with Crippen LogP contribution >= 0.6 is 0 Å². The van der Waals surface area contributed by atoms with E-state index in [1.165, 1.54) is 22.4 Å². The van der Waals surface area contributed by atoms with Crippen molar-refractivity contribution in [1.29, 1.82) is 0 Å². The second kappa shape index (κ2) is 7.81. The summed E-state index contributed by atoms with van der Waals surface area (Å²) in [6.07, 6.45) is 0. The Morgan fingerprint density at radius 3 is 2.23 bits per heavy atom. The second-order valence-electron chi connectivity index (χ2n) is 7.40. The number of carbonyl (C=O) groups is 1. The highest BCUT2D eigenvalue weighted by Gasteiger charge is 2.22. The molecule has 4 heteroatoms. The van der Waals surface area contributed by atoms with E-state index in [9.17, 15) is 4.79 Å². The van der Waals surface area contributed by atoms with E-state index >= 15 is 0 Å². The molecule has 1 N–H and O–H groups in total. The summed E-state index contributed by atoms with van der Waals surface area (Å²) >= 11 is 0. The van der Waals surface area contributed by atoms with Gasteiger partial charge in [-0.15, -0.1) is 0 Å². The number of anilines is 2. The van der Waals surface area contributed by atoms with E-state index in [2.05, 4.69) is 68.2 Å². The number of nitrogens with one attached hydrogen (secondary N) is 1. The van der Waals surface area contributed by atoms with Gasteiger partial charge >= 0.3 is 6.03 Å². The summed E-state index contributed by atoms with van der Waals surface area (Å²) in [5.41, 5.74) is 6.07. The maximum atomic E-state index is 12.5. The fraction of sp³-hybridized carbons (Fsp3) is 0.409. The number of aryl methyl sites for hydroxylation is 1. The Balaban J connectivity index is 1.57. The van der Waals surface area contributed by atoms with Crippen LogP contribution in [-0.2, 0) is 0 Å². The van der Waals surface area contributed by atoms with E-state index in [1.54, 1.807) is 0 Å². The highest BCUT2D eigenvalue weighted by atomic mass is 16.2. The molecule has 0 atom stereocenters. The molecule has 1 fully saturated rings. The summed E-state index contributed by atoms with van der Waals surface area (Å²) in [5.74, 6) is 0.498. The molecule has 0 radical (unpaired) electrons. The zero-order valence-corrected chi connectivity index (χ0v) is 16.2. The average Bonchev–Trinajstić information content (AvgIpc) is 2.64. The summed E-state index contributed by atoms with van der Waals surface area (Å²) in [5, 5.41) is 3.02. The molecule has 3 rings (SSSR count). The van der Waals surface area contributed by atoms with E-state index in [0.29, 0.717) is 5.92 Å². The molecule has 0 aromatic heterocycles. The molecule has 4 nitrogen and oxygen atoms in total. The fourth-order valence-corrected chi connectivity index (χ4v) is 3.38. The first kappa shape index (κ1) is 18.3. The van der Waals surface area contributed by atoms with Crippen molar-refractivity contribution in [3.8, 4) is 0 Å². The molecule has 2 aromatic rings. The normalized spacial score (nSPS) is 14.7. The molecule has 2 aromatic carbocycles. The number of amides is 2. The van der Waals surface area contributed by atoms with Crippen LogP contribution in [0.3, 0.4) is 0 Å². The molecule has 26 heavy (non-hydrogen) atoms. The Morgan fingerprint density at radius 2 is 1.62 bits per heavy atom. The van der Waals surface area contributed by atoms with Crippen molar-refractivity contribution in [2.24, 2.45) is 0 Å². The van der Waals surface area contributed by atoms with Crippen LogP contribution in [-0.4, -0.2) is 37.1 Å². The van der Waals surface area contributed by atoms with Gasteiger partial charge in [0.2, 0.25) is 0 Å². The van der Waals surface area contributed by atoms with Crippen LogP contribution < -0.4 is 10.2 Å². The number of urea groups is 1. The van der Waals surface area contributed by atoms with Gasteiger partial charge in [-0.1, -0.05) is 38.1 Å². The van der Waals surface area contributed by atoms with Gasteiger partial charge in [-0.2, -0.15) is 0 Å². The van der Waals surface area contributed by atoms with Gasteiger partial charge in [0.15, 0.2) is 0 Å². The van der Waals surface area contributed by atoms with Crippen molar-refractivity contribution in [3.05, 3.63) is 59.2 Å². The molecule has 0 saturated carbocycles. The molecule has 0 spiro atoms. The molecule has 1 aliphatic rings. The predicted molar refractivity (Wildman–Crippen MR) is 109 cm³/mol. The second-order valence-corrected chi connectivity index (χ2v) is 7.40. The first-order valence-electron chi connectivity index (χ1n) is 9.43. The standard InChI is InChI=1S/C22H29N3O/c1-16(2)19-8-10-20(11-9-19)23-22(26)25-14-12-24(13-15-25)21-7-5-6-17(3)18(21)4/h5-11,16H,12-15H2,1-4H3,(H,23,26). The van der Waals surface area contributed by atoms with Crippen LogP contribution in [0.5, 0.6) is 0 Å². The minimum Gasteiger partial charge on any atom is -0.368 e. The smallest absolute Gasteiger partial charge is 0.321 e. The Labute approximate surface area is 156 Å². The number of carbonyl (C=O) groups excluding carboxylic acids is 1. The SMILES string of the molecule is Cc1cccc(N2CCN(C(=O)Nc3ccc(C(C)C)cc3)CC2)c1C. The van der Waals surface area contributed by atoms with Gasteiger partial charge in [0.1, 0.15) is 0 Å². The molecule has 1 heterocycles. The van der Waals surface area contributed by atoms with Crippen molar-refractivity contribution in [3.63, 3.8) is 0 Å². The molecular weight excluding hydrogens is 322 g/mol. The van der Waals surface area contributed by atoms with Gasteiger partial charge in [0.25, 0.3) is 0 Å². The quantitative estimate of drug-likeness (QED) is 0.864. The van der Waals surface area contributed by atoms with Crippen molar-refractivity contribution in [2.75, 3.05) is 36.4 Å².